The summed E-state index contributed by atoms with van der Waals surface area (Å²) in [5.74, 6) is 0.505. The molecule has 7 heteroatoms. The first kappa shape index (κ1) is 19.3. The first-order chi connectivity index (χ1) is 14.0. The third-order valence-electron chi connectivity index (χ3n) is 5.26. The normalized spacial score (nSPS) is 15.8. The summed E-state index contributed by atoms with van der Waals surface area (Å²) >= 11 is 0. The van der Waals surface area contributed by atoms with Gasteiger partial charge in [0, 0.05) is 13.1 Å². The molecule has 2 heterocycles. The molecule has 1 aromatic heterocycles. The first-order valence-electron chi connectivity index (χ1n) is 9.72. The Bertz CT molecular complexity index is 1180. The number of anilines is 1. The zero-order valence-corrected chi connectivity index (χ0v) is 17.1. The molecule has 4 rings (SSSR count). The van der Waals surface area contributed by atoms with Gasteiger partial charge in [-0.2, -0.15) is 5.26 Å². The van der Waals surface area contributed by atoms with Gasteiger partial charge in [0.15, 0.2) is 11.1 Å². The second kappa shape index (κ2) is 7.80. The summed E-state index contributed by atoms with van der Waals surface area (Å²) in [7, 11) is -3.94. The number of hydrogen-bond donors (Lipinski definition) is 0. The van der Waals surface area contributed by atoms with E-state index in [9.17, 15) is 13.7 Å². The second-order valence-electron chi connectivity index (χ2n) is 7.34. The SMILES string of the molecule is Cc1ccc(S(=O)(=O)[C@@H](C#N)c2nc3ccccc3nc2N2CCCCC2)cc1. The summed E-state index contributed by atoms with van der Waals surface area (Å²) in [6, 6.07) is 15.9. The van der Waals surface area contributed by atoms with Crippen molar-refractivity contribution < 1.29 is 8.42 Å². The van der Waals surface area contributed by atoms with Gasteiger partial charge in [-0.15, -0.1) is 0 Å². The van der Waals surface area contributed by atoms with Gasteiger partial charge in [-0.1, -0.05) is 29.8 Å². The van der Waals surface area contributed by atoms with Crippen LogP contribution in [0.15, 0.2) is 53.4 Å². The Hall–Kier alpha value is -2.98. The largest absolute Gasteiger partial charge is 0.355 e. The molecule has 1 aliphatic rings. The zero-order valence-electron chi connectivity index (χ0n) is 16.2. The summed E-state index contributed by atoms with van der Waals surface area (Å²) in [5.41, 5.74) is 2.45. The Morgan fingerprint density at radius 3 is 2.21 bits per heavy atom. The first-order valence-corrected chi connectivity index (χ1v) is 11.3. The lowest BCUT2D eigenvalue weighted by molar-refractivity contribution is 0.569. The fraction of sp³-hybridized carbons (Fsp3) is 0.318. The predicted octanol–water partition coefficient (Wildman–Crippen LogP) is 3.97. The van der Waals surface area contributed by atoms with E-state index in [-0.39, 0.29) is 10.6 Å². The van der Waals surface area contributed by atoms with E-state index in [0.717, 1.165) is 37.9 Å². The van der Waals surface area contributed by atoms with E-state index in [2.05, 4.69) is 9.88 Å². The third-order valence-corrected chi connectivity index (χ3v) is 7.14. The number of sulfone groups is 1. The molecule has 3 aromatic rings. The molecule has 29 heavy (non-hydrogen) atoms. The van der Waals surface area contributed by atoms with Crippen LogP contribution in [-0.4, -0.2) is 31.5 Å². The predicted molar refractivity (Wildman–Crippen MR) is 112 cm³/mol. The van der Waals surface area contributed by atoms with Gasteiger partial charge >= 0.3 is 0 Å². The minimum atomic E-state index is -3.94. The Kier molecular flexibility index (Phi) is 5.20. The molecule has 0 saturated carbocycles. The van der Waals surface area contributed by atoms with Crippen molar-refractivity contribution in [1.29, 1.82) is 5.26 Å². The number of fused-ring (bicyclic) bond motifs is 1. The lowest BCUT2D eigenvalue weighted by atomic mass is 10.1. The van der Waals surface area contributed by atoms with Crippen molar-refractivity contribution in [2.24, 2.45) is 0 Å². The summed E-state index contributed by atoms with van der Waals surface area (Å²) in [4.78, 5) is 11.5. The monoisotopic (exact) mass is 406 g/mol. The highest BCUT2D eigenvalue weighted by Crippen LogP contribution is 2.34. The molecule has 6 nitrogen and oxygen atoms in total. The molecule has 1 aliphatic heterocycles. The van der Waals surface area contributed by atoms with Gasteiger partial charge in [0.05, 0.1) is 22.0 Å². The molecule has 148 valence electrons. The number of nitrogens with zero attached hydrogens (tertiary/aromatic N) is 4. The van der Waals surface area contributed by atoms with Crippen LogP contribution in [0, 0.1) is 18.3 Å². The van der Waals surface area contributed by atoms with Gasteiger partial charge in [0.1, 0.15) is 5.69 Å². The molecule has 0 N–H and O–H groups in total. The number of aryl methyl sites for hydroxylation is 1. The van der Waals surface area contributed by atoms with Gasteiger partial charge in [-0.05, 0) is 50.5 Å². The maximum atomic E-state index is 13.3. The van der Waals surface area contributed by atoms with Crippen LogP contribution in [0.2, 0.25) is 0 Å². The maximum Gasteiger partial charge on any atom is 0.200 e. The van der Waals surface area contributed by atoms with Crippen LogP contribution in [0.5, 0.6) is 0 Å². The van der Waals surface area contributed by atoms with Crippen LogP contribution in [0.25, 0.3) is 11.0 Å². The van der Waals surface area contributed by atoms with E-state index in [1.807, 2.05) is 31.2 Å². The van der Waals surface area contributed by atoms with Crippen molar-refractivity contribution in [3.05, 3.63) is 59.8 Å². The van der Waals surface area contributed by atoms with Gasteiger partial charge < -0.3 is 4.90 Å². The fourth-order valence-electron chi connectivity index (χ4n) is 3.66. The van der Waals surface area contributed by atoms with Crippen LogP contribution in [0.4, 0.5) is 5.82 Å². The Labute approximate surface area is 170 Å². The van der Waals surface area contributed by atoms with Gasteiger partial charge in [-0.25, -0.2) is 18.4 Å². The van der Waals surface area contributed by atoms with Crippen LogP contribution in [-0.2, 0) is 9.84 Å². The number of para-hydroxylation sites is 2. The number of nitriles is 1. The molecule has 0 amide bonds. The average Bonchev–Trinajstić information content (AvgIpc) is 2.74. The van der Waals surface area contributed by atoms with Crippen LogP contribution in [0.3, 0.4) is 0 Å². The van der Waals surface area contributed by atoms with Crippen LogP contribution < -0.4 is 4.90 Å². The fourth-order valence-corrected chi connectivity index (χ4v) is 5.04. The quantitative estimate of drug-likeness (QED) is 0.652. The van der Waals surface area contributed by atoms with E-state index < -0.39 is 15.1 Å². The van der Waals surface area contributed by atoms with Crippen LogP contribution in [0.1, 0.15) is 35.8 Å². The van der Waals surface area contributed by atoms with Gasteiger partial charge in [0.25, 0.3) is 0 Å². The molecule has 0 bridgehead atoms. The third kappa shape index (κ3) is 3.68. The molecular weight excluding hydrogens is 384 g/mol. The molecule has 1 atom stereocenters. The van der Waals surface area contributed by atoms with E-state index in [1.54, 1.807) is 30.3 Å². The van der Waals surface area contributed by atoms with Crippen molar-refractivity contribution in [1.82, 2.24) is 9.97 Å². The molecule has 0 radical (unpaired) electrons. The highest BCUT2D eigenvalue weighted by molar-refractivity contribution is 7.92. The average molecular weight is 407 g/mol. The molecule has 0 aliphatic carbocycles. The van der Waals surface area contributed by atoms with Crippen molar-refractivity contribution in [2.45, 2.75) is 36.3 Å². The minimum Gasteiger partial charge on any atom is -0.355 e. The molecule has 0 unspecified atom stereocenters. The van der Waals surface area contributed by atoms with E-state index in [4.69, 9.17) is 4.98 Å². The summed E-state index contributed by atoms with van der Waals surface area (Å²) in [6.07, 6.45) is 3.15. The van der Waals surface area contributed by atoms with Crippen molar-refractivity contribution in [3.8, 4) is 6.07 Å². The summed E-state index contributed by atoms with van der Waals surface area (Å²) in [5, 5.41) is 8.49. The maximum absolute atomic E-state index is 13.3. The lowest BCUT2D eigenvalue weighted by Gasteiger charge is -2.30. The summed E-state index contributed by atoms with van der Waals surface area (Å²) < 4.78 is 26.7. The number of benzene rings is 2. The van der Waals surface area contributed by atoms with Gasteiger partial charge in [0.2, 0.25) is 9.84 Å². The minimum absolute atomic E-state index is 0.120. The highest BCUT2D eigenvalue weighted by atomic mass is 32.2. The standard InChI is InChI=1S/C22H22N4O2S/c1-16-9-11-17(12-10-16)29(27,28)20(15-23)21-22(26-13-5-2-6-14-26)25-19-8-4-3-7-18(19)24-21/h3-4,7-12,20H,2,5-6,13-14H2,1H3/t20-/m0/s1. The molecule has 1 saturated heterocycles. The molecule has 1 fully saturated rings. The Balaban J connectivity index is 1.89. The number of hydrogen-bond acceptors (Lipinski definition) is 6. The molecular formula is C22H22N4O2S. The lowest BCUT2D eigenvalue weighted by Crippen LogP contribution is -2.32. The van der Waals surface area contributed by atoms with E-state index >= 15 is 0 Å². The Morgan fingerprint density at radius 2 is 1.59 bits per heavy atom. The smallest absolute Gasteiger partial charge is 0.200 e. The van der Waals surface area contributed by atoms with Crippen LogP contribution >= 0.6 is 0 Å². The van der Waals surface area contributed by atoms with Crippen molar-refractivity contribution in [2.75, 3.05) is 18.0 Å². The van der Waals surface area contributed by atoms with E-state index in [0.29, 0.717) is 16.9 Å². The topological polar surface area (TPSA) is 86.9 Å². The van der Waals surface area contributed by atoms with Gasteiger partial charge in [-0.3, -0.25) is 0 Å². The molecule has 2 aromatic carbocycles. The highest BCUT2D eigenvalue weighted by Gasteiger charge is 2.35. The van der Waals surface area contributed by atoms with E-state index in [1.165, 1.54) is 0 Å². The number of piperidine rings is 1. The zero-order chi connectivity index (χ0) is 20.4. The van der Waals surface area contributed by atoms with Crippen molar-refractivity contribution >= 4 is 26.7 Å². The number of rotatable bonds is 4. The van der Waals surface area contributed by atoms with Crippen molar-refractivity contribution in [3.63, 3.8) is 0 Å². The molecule has 0 spiro atoms. The summed E-state index contributed by atoms with van der Waals surface area (Å²) in [6.45, 7) is 3.45. The second-order valence-corrected chi connectivity index (χ2v) is 9.37. The number of aromatic nitrogens is 2. The Morgan fingerprint density at radius 1 is 0.966 bits per heavy atom.